The van der Waals surface area contributed by atoms with Gasteiger partial charge in [-0.3, -0.25) is 4.79 Å². The molecule has 0 aliphatic heterocycles. The van der Waals surface area contributed by atoms with Crippen molar-refractivity contribution in [3.8, 4) is 0 Å². The molecule has 1 saturated carbocycles. The second kappa shape index (κ2) is 6.38. The maximum atomic E-state index is 14.2. The Kier molecular flexibility index (Phi) is 4.79. The monoisotopic (exact) mass is 277 g/mol. The summed E-state index contributed by atoms with van der Waals surface area (Å²) in [7, 11) is 0. The van der Waals surface area contributed by atoms with Crippen LogP contribution in [0.5, 0.6) is 0 Å². The van der Waals surface area contributed by atoms with E-state index in [9.17, 15) is 9.18 Å². The molecular weight excluding hydrogens is 253 g/mol. The molecule has 1 aromatic carbocycles. The van der Waals surface area contributed by atoms with Crippen LogP contribution in [0.2, 0.25) is 0 Å². The molecule has 2 rings (SSSR count). The maximum absolute atomic E-state index is 14.2. The van der Waals surface area contributed by atoms with Gasteiger partial charge in [0, 0.05) is 13.0 Å². The topological polar surface area (TPSA) is 29.1 Å². The van der Waals surface area contributed by atoms with Crippen LogP contribution in [0.3, 0.4) is 0 Å². The van der Waals surface area contributed by atoms with Gasteiger partial charge >= 0.3 is 0 Å². The lowest BCUT2D eigenvalue weighted by Crippen LogP contribution is -2.35. The minimum atomic E-state index is -0.0702. The van der Waals surface area contributed by atoms with Crippen molar-refractivity contribution >= 4 is 5.91 Å². The molecule has 1 aliphatic rings. The van der Waals surface area contributed by atoms with E-state index in [2.05, 4.69) is 19.2 Å². The molecule has 20 heavy (non-hydrogen) atoms. The highest BCUT2D eigenvalue weighted by molar-refractivity contribution is 5.73. The fraction of sp³-hybridized carbons (Fsp3) is 0.588. The summed E-state index contributed by atoms with van der Waals surface area (Å²) in [6.07, 6.45) is 3.77. The highest BCUT2D eigenvalue weighted by atomic mass is 19.1. The Labute approximate surface area is 120 Å². The number of rotatable bonds is 3. The average molecular weight is 277 g/mol. The van der Waals surface area contributed by atoms with Crippen LogP contribution in [-0.2, 0) is 4.79 Å². The zero-order valence-corrected chi connectivity index (χ0v) is 12.6. The van der Waals surface area contributed by atoms with Crippen LogP contribution < -0.4 is 5.32 Å². The number of carbonyl (C=O) groups excluding carboxylic acids is 1. The van der Waals surface area contributed by atoms with Gasteiger partial charge in [-0.1, -0.05) is 26.0 Å². The van der Waals surface area contributed by atoms with Crippen molar-refractivity contribution < 1.29 is 9.18 Å². The minimum Gasteiger partial charge on any atom is -0.354 e. The molecule has 0 unspecified atom stereocenters. The predicted molar refractivity (Wildman–Crippen MR) is 79.3 cm³/mol. The van der Waals surface area contributed by atoms with Crippen molar-refractivity contribution in [3.63, 3.8) is 0 Å². The lowest BCUT2D eigenvalue weighted by atomic mass is 9.81. The highest BCUT2D eigenvalue weighted by Crippen LogP contribution is 2.35. The zero-order valence-electron chi connectivity index (χ0n) is 12.6. The normalized spacial score (nSPS) is 22.9. The molecule has 1 N–H and O–H groups in total. The average Bonchev–Trinajstić information content (AvgIpc) is 2.39. The third kappa shape index (κ3) is 3.59. The van der Waals surface area contributed by atoms with Crippen LogP contribution in [-0.4, -0.2) is 11.9 Å². The predicted octanol–water partition coefficient (Wildman–Crippen LogP) is 4.11. The van der Waals surface area contributed by atoms with Crippen molar-refractivity contribution in [1.82, 2.24) is 5.32 Å². The smallest absolute Gasteiger partial charge is 0.217 e. The second-order valence-electron chi connectivity index (χ2n) is 6.18. The van der Waals surface area contributed by atoms with Gasteiger partial charge in [-0.25, -0.2) is 4.39 Å². The van der Waals surface area contributed by atoms with Crippen molar-refractivity contribution in [3.05, 3.63) is 35.1 Å². The summed E-state index contributed by atoms with van der Waals surface area (Å²) in [6, 6.07) is 5.94. The summed E-state index contributed by atoms with van der Waals surface area (Å²) in [6.45, 7) is 5.70. The molecule has 3 heteroatoms. The van der Waals surface area contributed by atoms with Gasteiger partial charge in [0.25, 0.3) is 0 Å². The molecule has 0 aromatic heterocycles. The number of halogens is 1. The molecule has 0 bridgehead atoms. The molecule has 0 saturated heterocycles. The van der Waals surface area contributed by atoms with E-state index in [-0.39, 0.29) is 17.8 Å². The second-order valence-corrected chi connectivity index (χ2v) is 6.18. The molecule has 0 heterocycles. The fourth-order valence-corrected chi connectivity index (χ4v) is 3.07. The molecule has 0 atom stereocenters. The molecule has 110 valence electrons. The van der Waals surface area contributed by atoms with E-state index in [0.29, 0.717) is 11.8 Å². The first-order valence-electron chi connectivity index (χ1n) is 7.53. The van der Waals surface area contributed by atoms with Crippen molar-refractivity contribution in [2.45, 2.75) is 64.3 Å². The van der Waals surface area contributed by atoms with Gasteiger partial charge in [0.2, 0.25) is 5.91 Å². The van der Waals surface area contributed by atoms with Crippen molar-refractivity contribution in [2.24, 2.45) is 0 Å². The quantitative estimate of drug-likeness (QED) is 0.885. The van der Waals surface area contributed by atoms with Crippen LogP contribution in [0, 0.1) is 5.82 Å². The first kappa shape index (κ1) is 15.0. The summed E-state index contributed by atoms with van der Waals surface area (Å²) in [4.78, 5) is 11.0. The molecular formula is C17H24FNO. The molecule has 1 amide bonds. The molecule has 0 spiro atoms. The fourth-order valence-electron chi connectivity index (χ4n) is 3.07. The van der Waals surface area contributed by atoms with Crippen LogP contribution in [0.1, 0.15) is 69.4 Å². The standard InChI is InChI=1S/C17H24FNO/c1-11(2)14-6-9-16(17(18)10-14)13-4-7-15(8-5-13)19-12(3)20/h6,9-11,13,15H,4-5,7-8H2,1-3H3,(H,19,20). The zero-order chi connectivity index (χ0) is 14.7. The van der Waals surface area contributed by atoms with Crippen LogP contribution in [0.25, 0.3) is 0 Å². The summed E-state index contributed by atoms with van der Waals surface area (Å²) in [5, 5.41) is 2.96. The van der Waals surface area contributed by atoms with Gasteiger partial charge in [0.05, 0.1) is 0 Å². The number of hydrogen-bond acceptors (Lipinski definition) is 1. The largest absolute Gasteiger partial charge is 0.354 e. The number of carbonyl (C=O) groups is 1. The van der Waals surface area contributed by atoms with Gasteiger partial charge in [-0.15, -0.1) is 0 Å². The van der Waals surface area contributed by atoms with Crippen LogP contribution in [0.15, 0.2) is 18.2 Å². The molecule has 0 radical (unpaired) electrons. The Bertz CT molecular complexity index is 476. The molecule has 1 fully saturated rings. The SMILES string of the molecule is CC(=O)NC1CCC(c2ccc(C(C)C)cc2F)CC1. The van der Waals surface area contributed by atoms with Crippen molar-refractivity contribution in [1.29, 1.82) is 0 Å². The van der Waals surface area contributed by atoms with Gasteiger partial charge in [0.15, 0.2) is 0 Å². The number of hydrogen-bond donors (Lipinski definition) is 1. The molecule has 1 aromatic rings. The maximum Gasteiger partial charge on any atom is 0.217 e. The third-order valence-electron chi connectivity index (χ3n) is 4.27. The summed E-state index contributed by atoms with van der Waals surface area (Å²) >= 11 is 0. The van der Waals surface area contributed by atoms with Gasteiger partial charge in [0.1, 0.15) is 5.82 Å². The Morgan fingerprint density at radius 1 is 1.25 bits per heavy atom. The first-order chi connectivity index (χ1) is 9.47. The first-order valence-corrected chi connectivity index (χ1v) is 7.53. The number of amides is 1. The minimum absolute atomic E-state index is 0.0286. The molecule has 1 aliphatic carbocycles. The van der Waals surface area contributed by atoms with Gasteiger partial charge in [-0.05, 0) is 54.7 Å². The summed E-state index contributed by atoms with van der Waals surface area (Å²) < 4.78 is 14.2. The summed E-state index contributed by atoms with van der Waals surface area (Å²) in [5.74, 6) is 0.607. The van der Waals surface area contributed by atoms with E-state index < -0.39 is 0 Å². The Balaban J connectivity index is 2.02. The van der Waals surface area contributed by atoms with E-state index in [1.165, 1.54) is 0 Å². The van der Waals surface area contributed by atoms with Crippen LogP contribution >= 0.6 is 0 Å². The number of benzene rings is 1. The Hall–Kier alpha value is -1.38. The van der Waals surface area contributed by atoms with E-state index in [0.717, 1.165) is 36.8 Å². The van der Waals surface area contributed by atoms with E-state index >= 15 is 0 Å². The van der Waals surface area contributed by atoms with Crippen LogP contribution in [0.4, 0.5) is 4.39 Å². The lowest BCUT2D eigenvalue weighted by Gasteiger charge is -2.29. The van der Waals surface area contributed by atoms with Gasteiger partial charge in [-0.2, -0.15) is 0 Å². The summed E-state index contributed by atoms with van der Waals surface area (Å²) in [5.41, 5.74) is 1.90. The van der Waals surface area contributed by atoms with Gasteiger partial charge < -0.3 is 5.32 Å². The molecule has 2 nitrogen and oxygen atoms in total. The van der Waals surface area contributed by atoms with E-state index in [1.807, 2.05) is 12.1 Å². The lowest BCUT2D eigenvalue weighted by molar-refractivity contribution is -0.119. The van der Waals surface area contributed by atoms with E-state index in [1.54, 1.807) is 13.0 Å². The van der Waals surface area contributed by atoms with E-state index in [4.69, 9.17) is 0 Å². The third-order valence-corrected chi connectivity index (χ3v) is 4.27. The van der Waals surface area contributed by atoms with Crippen molar-refractivity contribution in [2.75, 3.05) is 0 Å². The Morgan fingerprint density at radius 2 is 1.90 bits per heavy atom. The Morgan fingerprint density at radius 3 is 2.40 bits per heavy atom. The number of nitrogens with one attached hydrogen (secondary N) is 1. The highest BCUT2D eigenvalue weighted by Gasteiger charge is 2.24.